The summed E-state index contributed by atoms with van der Waals surface area (Å²) in [7, 11) is 0. The Morgan fingerprint density at radius 1 is 1.17 bits per heavy atom. The van der Waals surface area contributed by atoms with Gasteiger partial charge in [0, 0.05) is 17.0 Å². The molecule has 9 heteroatoms. The van der Waals surface area contributed by atoms with Gasteiger partial charge in [0.25, 0.3) is 0 Å². The molecule has 0 saturated carbocycles. The van der Waals surface area contributed by atoms with Gasteiger partial charge in [-0.05, 0) is 6.07 Å². The fourth-order valence-corrected chi connectivity index (χ4v) is 4.05. The number of aliphatic hydroxyl groups excluding tert-OH is 1. The van der Waals surface area contributed by atoms with Crippen LogP contribution in [0.3, 0.4) is 0 Å². The van der Waals surface area contributed by atoms with Crippen molar-refractivity contribution in [1.29, 1.82) is 0 Å². The number of ketones is 1. The van der Waals surface area contributed by atoms with E-state index < -0.39 is 42.8 Å². The normalized spacial score (nSPS) is 23.9. The number of Topliss-reactive ketones (excluding diaryl/α,β-unsaturated/α-hetero) is 1. The molecule has 0 unspecified atom stereocenters. The molecule has 4 nitrogen and oxygen atoms in total. The van der Waals surface area contributed by atoms with Crippen LogP contribution in [0.15, 0.2) is 54.6 Å². The Hall–Kier alpha value is -2.36. The topological polar surface area (TPSA) is 58.6 Å². The van der Waals surface area contributed by atoms with E-state index in [1.807, 2.05) is 0 Å². The molecule has 2 N–H and O–H groups in total. The van der Waals surface area contributed by atoms with Gasteiger partial charge < -0.3 is 15.2 Å². The third-order valence-corrected chi connectivity index (χ3v) is 5.39. The van der Waals surface area contributed by atoms with Crippen molar-refractivity contribution in [1.82, 2.24) is 5.32 Å². The summed E-state index contributed by atoms with van der Waals surface area (Å²) in [6.07, 6.45) is -7.38. The van der Waals surface area contributed by atoms with Gasteiger partial charge in [-0.2, -0.15) is 13.2 Å². The number of ether oxygens (including phenoxy) is 1. The van der Waals surface area contributed by atoms with Crippen LogP contribution in [0.4, 0.5) is 17.6 Å². The monoisotopic (exact) mass is 441 g/mol. The van der Waals surface area contributed by atoms with Gasteiger partial charge in [-0.3, -0.25) is 4.79 Å². The number of thiocarbonyl (C=S) groups is 1. The van der Waals surface area contributed by atoms with Crippen molar-refractivity contribution in [2.75, 3.05) is 13.2 Å². The summed E-state index contributed by atoms with van der Waals surface area (Å²) in [5.74, 6) is -2.69. The fourth-order valence-electron chi connectivity index (χ4n) is 3.74. The zero-order valence-corrected chi connectivity index (χ0v) is 16.5. The van der Waals surface area contributed by atoms with Crippen molar-refractivity contribution in [2.24, 2.45) is 5.92 Å². The van der Waals surface area contributed by atoms with Crippen LogP contribution in [-0.2, 0) is 10.3 Å². The van der Waals surface area contributed by atoms with Gasteiger partial charge in [-0.1, -0.05) is 60.7 Å². The third kappa shape index (κ3) is 4.38. The molecule has 0 amide bonds. The Morgan fingerprint density at radius 2 is 1.80 bits per heavy atom. The number of nitrogens with one attached hydrogen (secondary N) is 1. The molecule has 2 aromatic carbocycles. The maximum Gasteiger partial charge on any atom is 0.415 e. The Labute approximate surface area is 175 Å². The predicted octanol–water partition coefficient (Wildman–Crippen LogP) is 3.78. The van der Waals surface area contributed by atoms with Crippen LogP contribution < -0.4 is 5.32 Å². The van der Waals surface area contributed by atoms with Crippen molar-refractivity contribution in [3.8, 4) is 0 Å². The molecule has 1 heterocycles. The van der Waals surface area contributed by atoms with Crippen molar-refractivity contribution in [3.63, 3.8) is 0 Å². The minimum atomic E-state index is -4.77. The second-order valence-corrected chi connectivity index (χ2v) is 7.52. The van der Waals surface area contributed by atoms with Gasteiger partial charge in [-0.25, -0.2) is 4.39 Å². The fraction of sp³-hybridized carbons (Fsp3) is 0.333. The number of rotatable bonds is 6. The van der Waals surface area contributed by atoms with Crippen LogP contribution in [0.2, 0.25) is 0 Å². The number of carbonyl (C=O) groups excluding carboxylic acids is 1. The predicted molar refractivity (Wildman–Crippen MR) is 106 cm³/mol. The largest absolute Gasteiger partial charge is 0.415 e. The summed E-state index contributed by atoms with van der Waals surface area (Å²) in [5, 5.41) is 12.5. The van der Waals surface area contributed by atoms with E-state index in [1.54, 1.807) is 30.3 Å². The zero-order valence-electron chi connectivity index (χ0n) is 15.7. The highest BCUT2D eigenvalue weighted by Crippen LogP contribution is 2.45. The first-order chi connectivity index (χ1) is 14.2. The second-order valence-electron chi connectivity index (χ2n) is 7.03. The lowest BCUT2D eigenvalue weighted by atomic mass is 9.77. The number of benzene rings is 2. The minimum Gasteiger partial charge on any atom is -0.396 e. The molecule has 3 atom stereocenters. The molecule has 0 aliphatic carbocycles. The van der Waals surface area contributed by atoms with Crippen LogP contribution in [0.1, 0.15) is 22.3 Å². The summed E-state index contributed by atoms with van der Waals surface area (Å²) < 4.78 is 60.1. The van der Waals surface area contributed by atoms with E-state index in [4.69, 9.17) is 17.0 Å². The molecule has 0 bridgehead atoms. The highest BCUT2D eigenvalue weighted by atomic mass is 32.1. The van der Waals surface area contributed by atoms with Gasteiger partial charge in [0.05, 0.1) is 30.2 Å². The SMILES string of the molecule is O=C(CC(=S)N[C@@]1(c2ccccc2F)CO[C@H](C(F)(F)F)[C@H]1CO)c1ccccc1. The van der Waals surface area contributed by atoms with Crippen LogP contribution in [-0.4, -0.2) is 41.4 Å². The minimum absolute atomic E-state index is 0.0722. The molecule has 3 rings (SSSR count). The van der Waals surface area contributed by atoms with E-state index in [0.717, 1.165) is 6.07 Å². The lowest BCUT2D eigenvalue weighted by Gasteiger charge is -2.37. The van der Waals surface area contributed by atoms with Gasteiger partial charge in [0.2, 0.25) is 0 Å². The molecule has 0 aromatic heterocycles. The van der Waals surface area contributed by atoms with Gasteiger partial charge in [-0.15, -0.1) is 0 Å². The Balaban J connectivity index is 1.94. The van der Waals surface area contributed by atoms with E-state index in [0.29, 0.717) is 5.56 Å². The quantitative estimate of drug-likeness (QED) is 0.406. The molecule has 1 fully saturated rings. The Kier molecular flexibility index (Phi) is 6.54. The summed E-state index contributed by atoms with van der Waals surface area (Å²) in [5.41, 5.74) is -1.52. The van der Waals surface area contributed by atoms with E-state index in [1.165, 1.54) is 18.2 Å². The summed E-state index contributed by atoms with van der Waals surface area (Å²) in [6, 6.07) is 13.5. The van der Waals surface area contributed by atoms with Gasteiger partial charge in [0.1, 0.15) is 5.82 Å². The van der Waals surface area contributed by atoms with E-state index >= 15 is 0 Å². The lowest BCUT2D eigenvalue weighted by Crippen LogP contribution is -2.55. The van der Waals surface area contributed by atoms with E-state index in [9.17, 15) is 27.5 Å². The van der Waals surface area contributed by atoms with Crippen molar-refractivity contribution < 1.29 is 32.2 Å². The number of aliphatic hydroxyl groups is 1. The molecule has 30 heavy (non-hydrogen) atoms. The van der Waals surface area contributed by atoms with Crippen LogP contribution in [0, 0.1) is 11.7 Å². The first kappa shape index (κ1) is 22.3. The molecule has 1 saturated heterocycles. The smallest absolute Gasteiger partial charge is 0.396 e. The standard InChI is InChI=1S/C21H19F4NO3S/c22-16-9-5-4-8-14(16)20(12-29-19(15(20)11-27)21(23,24)25)26-18(30)10-17(28)13-6-2-1-3-7-13/h1-9,15,19,27H,10-12H2,(H,26,30)/t15-,19+,20-/m1/s1. The zero-order chi connectivity index (χ0) is 21.9. The van der Waals surface area contributed by atoms with Crippen LogP contribution in [0.25, 0.3) is 0 Å². The Morgan fingerprint density at radius 3 is 2.40 bits per heavy atom. The second kappa shape index (κ2) is 8.79. The van der Waals surface area contributed by atoms with Crippen molar-refractivity contribution in [2.45, 2.75) is 24.2 Å². The number of halogens is 4. The average Bonchev–Trinajstić information content (AvgIpc) is 3.08. The van der Waals surface area contributed by atoms with E-state index in [-0.39, 0.29) is 22.8 Å². The first-order valence-electron chi connectivity index (χ1n) is 9.12. The summed E-state index contributed by atoms with van der Waals surface area (Å²) in [6.45, 7) is -1.51. The Bertz CT molecular complexity index is 922. The maximum absolute atomic E-state index is 14.6. The highest BCUT2D eigenvalue weighted by molar-refractivity contribution is 7.80. The average molecular weight is 441 g/mol. The van der Waals surface area contributed by atoms with Crippen molar-refractivity contribution in [3.05, 3.63) is 71.5 Å². The molecule has 0 spiro atoms. The molecule has 0 radical (unpaired) electrons. The number of hydrogen-bond donors (Lipinski definition) is 2. The van der Waals surface area contributed by atoms with Gasteiger partial charge >= 0.3 is 6.18 Å². The van der Waals surface area contributed by atoms with Crippen molar-refractivity contribution >= 4 is 23.0 Å². The molecular weight excluding hydrogens is 422 g/mol. The molecule has 1 aliphatic heterocycles. The molecular formula is C21H19F4NO3S. The number of alkyl halides is 3. The lowest BCUT2D eigenvalue weighted by molar-refractivity contribution is -0.219. The molecule has 1 aliphatic rings. The summed E-state index contributed by atoms with van der Waals surface area (Å²) in [4.78, 5) is 12.4. The molecule has 2 aromatic rings. The van der Waals surface area contributed by atoms with Crippen LogP contribution >= 0.6 is 12.2 Å². The highest BCUT2D eigenvalue weighted by Gasteiger charge is 2.60. The summed E-state index contributed by atoms with van der Waals surface area (Å²) >= 11 is 5.24. The van der Waals surface area contributed by atoms with Gasteiger partial charge in [0.15, 0.2) is 11.9 Å². The number of carbonyl (C=O) groups is 1. The van der Waals surface area contributed by atoms with Crippen LogP contribution in [0.5, 0.6) is 0 Å². The van der Waals surface area contributed by atoms with E-state index in [2.05, 4.69) is 5.32 Å². The molecule has 160 valence electrons. The number of hydrogen-bond acceptors (Lipinski definition) is 4. The third-order valence-electron chi connectivity index (χ3n) is 5.14. The first-order valence-corrected chi connectivity index (χ1v) is 9.53. The maximum atomic E-state index is 14.6.